The molecule has 1 aliphatic carbocycles. The van der Waals surface area contributed by atoms with E-state index in [1.165, 1.54) is 19.3 Å². The van der Waals surface area contributed by atoms with E-state index < -0.39 is 0 Å². The van der Waals surface area contributed by atoms with Gasteiger partial charge in [0.2, 0.25) is 11.7 Å². The minimum Gasteiger partial charge on any atom is -0.339 e. The molecular formula is C14H16Br2N4O. The number of nitrogens with zero attached hydrogens (tertiary/aromatic N) is 3. The van der Waals surface area contributed by atoms with Crippen molar-refractivity contribution in [2.75, 3.05) is 0 Å². The van der Waals surface area contributed by atoms with E-state index >= 15 is 0 Å². The van der Waals surface area contributed by atoms with E-state index in [4.69, 9.17) is 10.3 Å². The summed E-state index contributed by atoms with van der Waals surface area (Å²) in [6.45, 7) is 0. The Labute approximate surface area is 140 Å². The topological polar surface area (TPSA) is 77.8 Å². The van der Waals surface area contributed by atoms with Crippen molar-refractivity contribution in [1.82, 2.24) is 15.1 Å². The summed E-state index contributed by atoms with van der Waals surface area (Å²) in [5.41, 5.74) is 6.90. The first-order valence-electron chi connectivity index (χ1n) is 6.99. The van der Waals surface area contributed by atoms with Gasteiger partial charge in [-0.05, 0) is 50.8 Å². The standard InChI is InChI=1S/C14H16Br2N4O/c15-9-6-10(16)12(18-8-9)13-19-11(21-20-13)7-14(17)4-2-1-3-5-14/h6,8H,1-5,7,17H2. The largest absolute Gasteiger partial charge is 0.339 e. The lowest BCUT2D eigenvalue weighted by molar-refractivity contribution is 0.261. The minimum absolute atomic E-state index is 0.202. The third-order valence-electron chi connectivity index (χ3n) is 3.84. The molecule has 2 aromatic heterocycles. The third-order valence-corrected chi connectivity index (χ3v) is 4.88. The van der Waals surface area contributed by atoms with Crippen molar-refractivity contribution in [2.24, 2.45) is 5.73 Å². The maximum absolute atomic E-state index is 6.43. The van der Waals surface area contributed by atoms with Crippen molar-refractivity contribution >= 4 is 31.9 Å². The van der Waals surface area contributed by atoms with E-state index in [2.05, 4.69) is 47.0 Å². The molecule has 21 heavy (non-hydrogen) atoms. The molecule has 2 aromatic rings. The van der Waals surface area contributed by atoms with Gasteiger partial charge in [0.1, 0.15) is 5.69 Å². The van der Waals surface area contributed by atoms with Crippen LogP contribution in [0, 0.1) is 0 Å². The molecule has 7 heteroatoms. The van der Waals surface area contributed by atoms with Gasteiger partial charge in [0.25, 0.3) is 0 Å². The zero-order valence-electron chi connectivity index (χ0n) is 11.5. The van der Waals surface area contributed by atoms with E-state index in [1.807, 2.05) is 6.07 Å². The van der Waals surface area contributed by atoms with Gasteiger partial charge in [-0.3, -0.25) is 4.98 Å². The van der Waals surface area contributed by atoms with Crippen LogP contribution in [-0.4, -0.2) is 20.7 Å². The number of aromatic nitrogens is 3. The summed E-state index contributed by atoms with van der Waals surface area (Å²) >= 11 is 6.84. The van der Waals surface area contributed by atoms with Gasteiger partial charge in [0, 0.05) is 27.1 Å². The van der Waals surface area contributed by atoms with Crippen LogP contribution in [0.4, 0.5) is 0 Å². The molecule has 0 saturated heterocycles. The monoisotopic (exact) mass is 414 g/mol. The van der Waals surface area contributed by atoms with Crippen LogP contribution >= 0.6 is 31.9 Å². The number of hydrogen-bond acceptors (Lipinski definition) is 5. The molecule has 1 aliphatic rings. The van der Waals surface area contributed by atoms with Crippen LogP contribution in [0.15, 0.2) is 25.7 Å². The van der Waals surface area contributed by atoms with E-state index in [9.17, 15) is 0 Å². The number of rotatable bonds is 3. The van der Waals surface area contributed by atoms with Crippen molar-refractivity contribution in [1.29, 1.82) is 0 Å². The Morgan fingerprint density at radius 1 is 1.24 bits per heavy atom. The molecule has 0 aromatic carbocycles. The zero-order chi connectivity index (χ0) is 14.9. The lowest BCUT2D eigenvalue weighted by Gasteiger charge is -2.31. The molecule has 0 amide bonds. The number of pyridine rings is 1. The summed E-state index contributed by atoms with van der Waals surface area (Å²) in [6, 6.07) is 1.91. The molecule has 0 unspecified atom stereocenters. The van der Waals surface area contributed by atoms with Gasteiger partial charge in [-0.1, -0.05) is 24.4 Å². The van der Waals surface area contributed by atoms with Crippen molar-refractivity contribution < 1.29 is 4.52 Å². The quantitative estimate of drug-likeness (QED) is 0.823. The second kappa shape index (κ2) is 6.14. The molecule has 3 rings (SSSR count). The van der Waals surface area contributed by atoms with Crippen LogP contribution in [-0.2, 0) is 6.42 Å². The van der Waals surface area contributed by atoms with Crippen LogP contribution in [0.3, 0.4) is 0 Å². The highest BCUT2D eigenvalue weighted by atomic mass is 79.9. The average molecular weight is 416 g/mol. The van der Waals surface area contributed by atoms with E-state index in [0.717, 1.165) is 21.8 Å². The predicted molar refractivity (Wildman–Crippen MR) is 86.6 cm³/mol. The highest BCUT2D eigenvalue weighted by molar-refractivity contribution is 9.11. The molecule has 0 spiro atoms. The maximum Gasteiger partial charge on any atom is 0.228 e. The lowest BCUT2D eigenvalue weighted by Crippen LogP contribution is -2.43. The normalized spacial score (nSPS) is 17.9. The smallest absolute Gasteiger partial charge is 0.228 e. The van der Waals surface area contributed by atoms with Crippen LogP contribution < -0.4 is 5.73 Å². The molecule has 1 saturated carbocycles. The van der Waals surface area contributed by atoms with Crippen LogP contribution in [0.25, 0.3) is 11.5 Å². The molecule has 0 radical (unpaired) electrons. The lowest BCUT2D eigenvalue weighted by atomic mass is 9.80. The number of nitrogens with two attached hydrogens (primary N) is 1. The SMILES string of the molecule is NC1(Cc2nc(-c3ncc(Br)cc3Br)no2)CCCCC1. The Morgan fingerprint density at radius 2 is 2.00 bits per heavy atom. The third kappa shape index (κ3) is 3.52. The zero-order valence-corrected chi connectivity index (χ0v) is 14.7. The average Bonchev–Trinajstić information content (AvgIpc) is 2.87. The Kier molecular flexibility index (Phi) is 4.42. The fourth-order valence-electron chi connectivity index (χ4n) is 2.74. The molecule has 5 nitrogen and oxygen atoms in total. The molecule has 0 aliphatic heterocycles. The minimum atomic E-state index is -0.202. The van der Waals surface area contributed by atoms with Crippen molar-refractivity contribution in [3.63, 3.8) is 0 Å². The highest BCUT2D eigenvalue weighted by Gasteiger charge is 2.30. The van der Waals surface area contributed by atoms with Crippen LogP contribution in [0.2, 0.25) is 0 Å². The van der Waals surface area contributed by atoms with Gasteiger partial charge in [-0.15, -0.1) is 0 Å². The first-order chi connectivity index (χ1) is 10.1. The van der Waals surface area contributed by atoms with Crippen molar-refractivity contribution in [3.05, 3.63) is 27.1 Å². The van der Waals surface area contributed by atoms with Crippen molar-refractivity contribution in [3.8, 4) is 11.5 Å². The van der Waals surface area contributed by atoms with Crippen LogP contribution in [0.5, 0.6) is 0 Å². The first-order valence-corrected chi connectivity index (χ1v) is 8.57. The Balaban J connectivity index is 1.80. The van der Waals surface area contributed by atoms with Crippen LogP contribution in [0.1, 0.15) is 38.0 Å². The van der Waals surface area contributed by atoms with E-state index in [1.54, 1.807) is 6.20 Å². The summed E-state index contributed by atoms with van der Waals surface area (Å²) < 4.78 is 7.08. The molecule has 112 valence electrons. The van der Waals surface area contributed by atoms with E-state index in [-0.39, 0.29) is 5.54 Å². The van der Waals surface area contributed by atoms with Gasteiger partial charge < -0.3 is 10.3 Å². The molecular weight excluding hydrogens is 400 g/mol. The van der Waals surface area contributed by atoms with Gasteiger partial charge in [-0.25, -0.2) is 0 Å². The Morgan fingerprint density at radius 3 is 2.71 bits per heavy atom. The molecule has 2 heterocycles. The number of halogens is 2. The second-order valence-electron chi connectivity index (χ2n) is 5.60. The maximum atomic E-state index is 6.43. The highest BCUT2D eigenvalue weighted by Crippen LogP contribution is 2.30. The summed E-state index contributed by atoms with van der Waals surface area (Å²) in [7, 11) is 0. The Bertz CT molecular complexity index is 638. The molecule has 1 fully saturated rings. The fourth-order valence-corrected chi connectivity index (χ4v) is 3.90. The van der Waals surface area contributed by atoms with E-state index in [0.29, 0.717) is 23.8 Å². The van der Waals surface area contributed by atoms with Gasteiger partial charge in [0.15, 0.2) is 0 Å². The van der Waals surface area contributed by atoms with Gasteiger partial charge >= 0.3 is 0 Å². The first kappa shape index (κ1) is 15.1. The summed E-state index contributed by atoms with van der Waals surface area (Å²) in [5.74, 6) is 1.08. The van der Waals surface area contributed by atoms with Gasteiger partial charge in [0.05, 0.1) is 0 Å². The second-order valence-corrected chi connectivity index (χ2v) is 7.37. The molecule has 0 bridgehead atoms. The predicted octanol–water partition coefficient (Wildman–Crippen LogP) is 3.86. The van der Waals surface area contributed by atoms with Gasteiger partial charge in [-0.2, -0.15) is 4.98 Å². The van der Waals surface area contributed by atoms with Crippen molar-refractivity contribution in [2.45, 2.75) is 44.1 Å². The summed E-state index contributed by atoms with van der Waals surface area (Å²) in [6.07, 6.45) is 8.00. The Hall–Kier alpha value is -0.790. The fraction of sp³-hybridized carbons (Fsp3) is 0.500. The molecule has 2 N–H and O–H groups in total. The summed E-state index contributed by atoms with van der Waals surface area (Å²) in [4.78, 5) is 8.76. The summed E-state index contributed by atoms with van der Waals surface area (Å²) in [5, 5.41) is 4.02. The molecule has 0 atom stereocenters. The number of hydrogen-bond donors (Lipinski definition) is 1.